The van der Waals surface area contributed by atoms with E-state index in [9.17, 15) is 45.0 Å². The van der Waals surface area contributed by atoms with E-state index in [1.807, 2.05) is 24.3 Å². The molecule has 1 fully saturated rings. The fourth-order valence-corrected chi connectivity index (χ4v) is 4.64. The van der Waals surface area contributed by atoms with Crippen LogP contribution in [-0.2, 0) is 33.3 Å². The SMILES string of the molecule is O=CC(N1C(=O)c2cccc(NCc3cccc(CN4CCOCC4)c3)c2C1(O)O)C(O)(O)C(O)(O)C=O. The van der Waals surface area contributed by atoms with Crippen LogP contribution in [0.4, 0.5) is 5.69 Å². The molecule has 204 valence electrons. The van der Waals surface area contributed by atoms with Crippen molar-refractivity contribution >= 4 is 24.2 Å². The number of aliphatic hydroxyl groups is 6. The molecule has 38 heavy (non-hydrogen) atoms. The van der Waals surface area contributed by atoms with Crippen molar-refractivity contribution in [1.82, 2.24) is 9.80 Å². The number of amides is 1. The molecule has 13 nitrogen and oxygen atoms in total. The van der Waals surface area contributed by atoms with Crippen molar-refractivity contribution < 1.29 is 49.8 Å². The summed E-state index contributed by atoms with van der Waals surface area (Å²) in [6.45, 7) is 3.93. The molecule has 1 atom stereocenters. The highest BCUT2D eigenvalue weighted by Crippen LogP contribution is 2.43. The lowest BCUT2D eigenvalue weighted by atomic mass is 9.97. The molecular formula is C25H29N3O10. The van der Waals surface area contributed by atoms with Crippen LogP contribution in [-0.4, -0.2) is 103 Å². The summed E-state index contributed by atoms with van der Waals surface area (Å²) >= 11 is 0. The quantitative estimate of drug-likeness (QED) is 0.129. The Labute approximate surface area is 217 Å². The van der Waals surface area contributed by atoms with E-state index in [1.54, 1.807) is 0 Å². The molecule has 2 aromatic carbocycles. The van der Waals surface area contributed by atoms with E-state index < -0.39 is 41.3 Å². The molecule has 2 aliphatic rings. The van der Waals surface area contributed by atoms with E-state index in [2.05, 4.69) is 10.2 Å². The van der Waals surface area contributed by atoms with Crippen LogP contribution in [0.3, 0.4) is 0 Å². The number of anilines is 1. The van der Waals surface area contributed by atoms with Crippen molar-refractivity contribution in [3.63, 3.8) is 0 Å². The molecule has 1 amide bonds. The number of aldehydes is 2. The second-order valence-electron chi connectivity index (χ2n) is 9.25. The summed E-state index contributed by atoms with van der Waals surface area (Å²) in [5.74, 6) is -12.4. The summed E-state index contributed by atoms with van der Waals surface area (Å²) < 4.78 is 5.37. The van der Waals surface area contributed by atoms with Gasteiger partial charge in [-0.05, 0) is 23.3 Å². The first-order valence-corrected chi connectivity index (χ1v) is 11.8. The van der Waals surface area contributed by atoms with Gasteiger partial charge in [-0.15, -0.1) is 0 Å². The standard InChI is InChI=1S/C25H29N3O10/c29-14-20(24(34,35)23(32,33)15-30)28-22(31)18-5-2-6-19(21(18)25(28,36)37)26-12-16-3-1-4-17(11-16)13-27-7-9-38-10-8-27/h1-6,11,14-15,20,26,32-37H,7-10,12-13H2. The second-order valence-corrected chi connectivity index (χ2v) is 9.25. The summed E-state index contributed by atoms with van der Waals surface area (Å²) in [5, 5.41) is 64.7. The number of nitrogens with zero attached hydrogens (tertiary/aromatic N) is 2. The number of nitrogens with one attached hydrogen (secondary N) is 1. The fraction of sp³-hybridized carbons (Fsp3) is 0.400. The maximum absolute atomic E-state index is 13.1. The molecule has 0 saturated carbocycles. The van der Waals surface area contributed by atoms with Crippen LogP contribution in [0.5, 0.6) is 0 Å². The number of benzene rings is 2. The van der Waals surface area contributed by atoms with Crippen LogP contribution in [0.15, 0.2) is 42.5 Å². The molecule has 13 heteroatoms. The van der Waals surface area contributed by atoms with Gasteiger partial charge < -0.3 is 45.5 Å². The van der Waals surface area contributed by atoms with E-state index in [0.29, 0.717) is 13.2 Å². The third-order valence-electron chi connectivity index (χ3n) is 6.69. The third-order valence-corrected chi connectivity index (χ3v) is 6.69. The van der Waals surface area contributed by atoms with Gasteiger partial charge in [0.05, 0.1) is 24.3 Å². The van der Waals surface area contributed by atoms with Crippen molar-refractivity contribution in [2.75, 3.05) is 31.6 Å². The maximum Gasteiger partial charge on any atom is 0.281 e. The van der Waals surface area contributed by atoms with Crippen LogP contribution in [0.25, 0.3) is 0 Å². The normalized spacial score (nSPS) is 18.7. The topological polar surface area (TPSA) is 200 Å². The van der Waals surface area contributed by atoms with Crippen molar-refractivity contribution in [3.8, 4) is 0 Å². The van der Waals surface area contributed by atoms with Gasteiger partial charge in [-0.1, -0.05) is 30.3 Å². The van der Waals surface area contributed by atoms with Gasteiger partial charge in [0.15, 0.2) is 12.3 Å². The lowest BCUT2D eigenvalue weighted by Crippen LogP contribution is -2.70. The van der Waals surface area contributed by atoms with Crippen LogP contribution in [0.2, 0.25) is 0 Å². The summed E-state index contributed by atoms with van der Waals surface area (Å²) in [7, 11) is 0. The minimum Gasteiger partial charge on any atom is -0.380 e. The molecule has 2 heterocycles. The third kappa shape index (κ3) is 4.93. The Morgan fingerprint density at radius 1 is 1.03 bits per heavy atom. The molecular weight excluding hydrogens is 502 g/mol. The van der Waals surface area contributed by atoms with Crippen LogP contribution >= 0.6 is 0 Å². The van der Waals surface area contributed by atoms with Gasteiger partial charge in [-0.3, -0.25) is 19.4 Å². The minimum atomic E-state index is -3.99. The molecule has 0 bridgehead atoms. The lowest BCUT2D eigenvalue weighted by molar-refractivity contribution is -0.363. The number of carbonyl (C=O) groups is 3. The molecule has 2 aromatic rings. The van der Waals surface area contributed by atoms with Gasteiger partial charge in [-0.25, -0.2) is 0 Å². The molecule has 0 radical (unpaired) electrons. The molecule has 1 saturated heterocycles. The van der Waals surface area contributed by atoms with E-state index in [1.165, 1.54) is 18.2 Å². The first kappa shape index (κ1) is 27.8. The van der Waals surface area contributed by atoms with Gasteiger partial charge in [0.25, 0.3) is 23.4 Å². The summed E-state index contributed by atoms with van der Waals surface area (Å²) in [6, 6.07) is 9.14. The van der Waals surface area contributed by atoms with Gasteiger partial charge >= 0.3 is 0 Å². The van der Waals surface area contributed by atoms with Gasteiger partial charge in [0.2, 0.25) is 0 Å². The Bertz CT molecular complexity index is 1210. The number of ether oxygens (including phenoxy) is 1. The largest absolute Gasteiger partial charge is 0.380 e. The highest BCUT2D eigenvalue weighted by Gasteiger charge is 2.63. The Morgan fingerprint density at radius 3 is 2.34 bits per heavy atom. The van der Waals surface area contributed by atoms with Crippen LogP contribution in [0.1, 0.15) is 27.0 Å². The molecule has 2 aliphatic heterocycles. The molecule has 4 rings (SSSR count). The predicted octanol–water partition coefficient (Wildman–Crippen LogP) is -2.19. The van der Waals surface area contributed by atoms with Gasteiger partial charge in [-0.2, -0.15) is 0 Å². The number of rotatable bonds is 10. The number of hydrogen-bond acceptors (Lipinski definition) is 12. The molecule has 1 unspecified atom stereocenters. The first-order chi connectivity index (χ1) is 17.9. The average Bonchev–Trinajstić information content (AvgIpc) is 3.09. The zero-order valence-corrected chi connectivity index (χ0v) is 20.2. The minimum absolute atomic E-state index is 0.0382. The van der Waals surface area contributed by atoms with Crippen LogP contribution < -0.4 is 5.32 Å². The Kier molecular flexibility index (Phi) is 7.65. The highest BCUT2D eigenvalue weighted by molar-refractivity contribution is 6.02. The van der Waals surface area contributed by atoms with E-state index in [4.69, 9.17) is 4.74 Å². The van der Waals surface area contributed by atoms with Crippen molar-refractivity contribution in [1.29, 1.82) is 0 Å². The summed E-state index contributed by atoms with van der Waals surface area (Å²) in [6.07, 6.45) is -0.990. The lowest BCUT2D eigenvalue weighted by Gasteiger charge is -2.42. The number of morpholine rings is 1. The van der Waals surface area contributed by atoms with E-state index in [0.717, 1.165) is 30.8 Å². The summed E-state index contributed by atoms with van der Waals surface area (Å²) in [4.78, 5) is 38.0. The zero-order chi connectivity index (χ0) is 27.7. The maximum atomic E-state index is 13.1. The zero-order valence-electron chi connectivity index (χ0n) is 20.2. The number of hydrogen-bond donors (Lipinski definition) is 7. The van der Waals surface area contributed by atoms with E-state index in [-0.39, 0.29) is 29.0 Å². The molecule has 7 N–H and O–H groups in total. The fourth-order valence-electron chi connectivity index (χ4n) is 4.64. The monoisotopic (exact) mass is 531 g/mol. The molecule has 0 spiro atoms. The van der Waals surface area contributed by atoms with Crippen molar-refractivity contribution in [2.45, 2.75) is 36.6 Å². The highest BCUT2D eigenvalue weighted by atomic mass is 16.6. The Morgan fingerprint density at radius 2 is 1.68 bits per heavy atom. The van der Waals surface area contributed by atoms with Crippen molar-refractivity contribution in [3.05, 3.63) is 64.7 Å². The van der Waals surface area contributed by atoms with Crippen LogP contribution in [0, 0.1) is 0 Å². The average molecular weight is 532 g/mol. The Balaban J connectivity index is 1.59. The van der Waals surface area contributed by atoms with Gasteiger partial charge in [0, 0.05) is 31.9 Å². The predicted molar refractivity (Wildman–Crippen MR) is 129 cm³/mol. The number of fused-ring (bicyclic) bond motifs is 1. The smallest absolute Gasteiger partial charge is 0.281 e. The second kappa shape index (κ2) is 10.5. The number of carbonyl (C=O) groups excluding carboxylic acids is 3. The van der Waals surface area contributed by atoms with Gasteiger partial charge in [0.1, 0.15) is 6.29 Å². The van der Waals surface area contributed by atoms with Crippen molar-refractivity contribution in [2.24, 2.45) is 0 Å². The first-order valence-electron chi connectivity index (χ1n) is 11.8. The Hall–Kier alpha value is -3.27. The molecule has 0 aliphatic carbocycles. The van der Waals surface area contributed by atoms with E-state index >= 15 is 0 Å². The molecule has 0 aromatic heterocycles. The summed E-state index contributed by atoms with van der Waals surface area (Å²) in [5.41, 5.74) is 1.30.